The predicted molar refractivity (Wildman–Crippen MR) is 143 cm³/mol. The van der Waals surface area contributed by atoms with Crippen molar-refractivity contribution < 1.29 is 29.4 Å². The maximum Gasteiger partial charge on any atom is 0.335 e. The summed E-state index contributed by atoms with van der Waals surface area (Å²) >= 11 is 2.70. The van der Waals surface area contributed by atoms with E-state index >= 15 is 0 Å². The number of carbonyl (C=O) groups excluding carboxylic acids is 2. The van der Waals surface area contributed by atoms with Crippen LogP contribution in [0.2, 0.25) is 0 Å². The van der Waals surface area contributed by atoms with Gasteiger partial charge in [-0.15, -0.1) is 23.5 Å². The van der Waals surface area contributed by atoms with Gasteiger partial charge < -0.3 is 10.2 Å². The minimum atomic E-state index is -1.06. The molecular formula is C28H14N2O6S2. The van der Waals surface area contributed by atoms with Crippen molar-refractivity contribution in [3.8, 4) is 0 Å². The van der Waals surface area contributed by atoms with Crippen molar-refractivity contribution in [1.29, 1.82) is 0 Å². The Hall–Kier alpha value is -4.28. The van der Waals surface area contributed by atoms with E-state index in [1.54, 1.807) is 48.6 Å². The van der Waals surface area contributed by atoms with Gasteiger partial charge in [0, 0.05) is 11.1 Å². The van der Waals surface area contributed by atoms with E-state index in [-0.39, 0.29) is 33.8 Å². The van der Waals surface area contributed by atoms with Gasteiger partial charge in [-0.3, -0.25) is 9.59 Å². The maximum atomic E-state index is 13.8. The van der Waals surface area contributed by atoms with E-state index < -0.39 is 22.4 Å². The first-order chi connectivity index (χ1) is 18.3. The van der Waals surface area contributed by atoms with Crippen LogP contribution in [0.3, 0.4) is 0 Å². The molecule has 184 valence electrons. The van der Waals surface area contributed by atoms with Gasteiger partial charge in [0.2, 0.25) is 0 Å². The fourth-order valence-corrected chi connectivity index (χ4v) is 7.69. The lowest BCUT2D eigenvalue weighted by Crippen LogP contribution is -2.27. The Morgan fingerprint density at radius 2 is 1.11 bits per heavy atom. The lowest BCUT2D eigenvalue weighted by Gasteiger charge is -2.33. The molecule has 2 aromatic rings. The van der Waals surface area contributed by atoms with Crippen LogP contribution in [0.25, 0.3) is 0 Å². The zero-order chi connectivity index (χ0) is 26.3. The second-order valence-electron chi connectivity index (χ2n) is 8.98. The Bertz CT molecular complexity index is 1650. The summed E-state index contributed by atoms with van der Waals surface area (Å²) in [4.78, 5) is 61.7. The highest BCUT2D eigenvalue weighted by Crippen LogP contribution is 2.57. The monoisotopic (exact) mass is 538 g/mol. The SMILES string of the molecule is O=C(O)C1=CC2Sc3c(c4c(c5c3SC3C=C(C(=O)O)C=CC3=N5)C(=O)c3ccccc3C4=O)N=C2C=C1. The Kier molecular flexibility index (Phi) is 4.88. The molecule has 2 unspecified atom stereocenters. The number of aliphatic carboxylic acids is 2. The quantitative estimate of drug-likeness (QED) is 0.479. The van der Waals surface area contributed by atoms with Crippen molar-refractivity contribution in [3.63, 3.8) is 0 Å². The van der Waals surface area contributed by atoms with Crippen LogP contribution in [0.4, 0.5) is 11.4 Å². The minimum Gasteiger partial charge on any atom is -0.478 e. The zero-order valence-electron chi connectivity index (χ0n) is 19.2. The van der Waals surface area contributed by atoms with Gasteiger partial charge in [0.1, 0.15) is 0 Å². The summed E-state index contributed by atoms with van der Waals surface area (Å²) in [5.74, 6) is -2.75. The third-order valence-corrected chi connectivity index (χ3v) is 9.47. The molecule has 2 aromatic carbocycles. The van der Waals surface area contributed by atoms with E-state index in [0.717, 1.165) is 0 Å². The topological polar surface area (TPSA) is 133 Å². The normalized spacial score (nSPS) is 21.9. The molecule has 2 heterocycles. The number of hydrogen-bond donors (Lipinski definition) is 2. The van der Waals surface area contributed by atoms with Crippen molar-refractivity contribution >= 4 is 69.8 Å². The molecule has 38 heavy (non-hydrogen) atoms. The summed E-state index contributed by atoms with van der Waals surface area (Å²) in [6, 6.07) is 6.66. The number of benzene rings is 2. The van der Waals surface area contributed by atoms with Gasteiger partial charge in [-0.05, 0) is 24.3 Å². The summed E-state index contributed by atoms with van der Waals surface area (Å²) in [7, 11) is 0. The molecule has 3 aliphatic carbocycles. The molecule has 0 saturated heterocycles. The van der Waals surface area contributed by atoms with Crippen molar-refractivity contribution in [1.82, 2.24) is 0 Å². The summed E-state index contributed by atoms with van der Waals surface area (Å²) in [6.07, 6.45) is 9.39. The first-order valence-electron chi connectivity index (χ1n) is 11.5. The number of carbonyl (C=O) groups is 4. The number of nitrogens with zero attached hydrogens (tertiary/aromatic N) is 2. The molecule has 5 aliphatic rings. The lowest BCUT2D eigenvalue weighted by molar-refractivity contribution is -0.133. The number of fused-ring (bicyclic) bond motifs is 9. The first-order valence-corrected chi connectivity index (χ1v) is 13.3. The molecule has 0 bridgehead atoms. The third kappa shape index (κ3) is 3.20. The second kappa shape index (κ2) is 8.11. The van der Waals surface area contributed by atoms with Crippen LogP contribution in [0.5, 0.6) is 0 Å². The van der Waals surface area contributed by atoms with Crippen LogP contribution in [0.1, 0.15) is 31.8 Å². The van der Waals surface area contributed by atoms with Gasteiger partial charge in [0.15, 0.2) is 11.6 Å². The molecular weight excluding hydrogens is 524 g/mol. The molecule has 2 aliphatic heterocycles. The Balaban J connectivity index is 1.51. The van der Waals surface area contributed by atoms with Crippen LogP contribution < -0.4 is 0 Å². The van der Waals surface area contributed by atoms with Crippen molar-refractivity contribution in [2.45, 2.75) is 20.3 Å². The minimum absolute atomic E-state index is 0.135. The fourth-order valence-electron chi connectivity index (χ4n) is 5.04. The highest BCUT2D eigenvalue weighted by atomic mass is 32.2. The number of rotatable bonds is 2. The van der Waals surface area contributed by atoms with Crippen LogP contribution in [0.15, 0.2) is 91.6 Å². The van der Waals surface area contributed by atoms with Gasteiger partial charge in [-0.1, -0.05) is 36.4 Å². The van der Waals surface area contributed by atoms with E-state index in [2.05, 4.69) is 0 Å². The number of aliphatic imine (C=N–C) groups is 2. The summed E-state index contributed by atoms with van der Waals surface area (Å²) in [6.45, 7) is 0. The molecule has 8 nitrogen and oxygen atoms in total. The van der Waals surface area contributed by atoms with Gasteiger partial charge >= 0.3 is 11.9 Å². The summed E-state index contributed by atoms with van der Waals surface area (Å²) in [5.41, 5.74) is 3.12. The highest BCUT2D eigenvalue weighted by Gasteiger charge is 2.42. The molecule has 10 heteroatoms. The van der Waals surface area contributed by atoms with Gasteiger partial charge in [0.25, 0.3) is 0 Å². The van der Waals surface area contributed by atoms with Crippen molar-refractivity contribution in [2.24, 2.45) is 9.98 Å². The van der Waals surface area contributed by atoms with Crippen LogP contribution >= 0.6 is 23.5 Å². The average molecular weight is 539 g/mol. The molecule has 7 rings (SSSR count). The predicted octanol–water partition coefficient (Wildman–Crippen LogP) is 4.72. The highest BCUT2D eigenvalue weighted by molar-refractivity contribution is 8.04. The van der Waals surface area contributed by atoms with Gasteiger partial charge in [0.05, 0.1) is 65.4 Å². The number of hydrogen-bond acceptors (Lipinski definition) is 8. The van der Waals surface area contributed by atoms with Crippen LogP contribution in [-0.2, 0) is 9.59 Å². The molecule has 0 fully saturated rings. The van der Waals surface area contributed by atoms with E-state index in [9.17, 15) is 29.4 Å². The summed E-state index contributed by atoms with van der Waals surface area (Å²) < 4.78 is 0. The number of thioether (sulfide) groups is 2. The number of carboxylic acids is 2. The molecule has 0 amide bonds. The van der Waals surface area contributed by atoms with Crippen molar-refractivity contribution in [3.05, 3.63) is 94.1 Å². The molecule has 0 aromatic heterocycles. The number of ketones is 2. The lowest BCUT2D eigenvalue weighted by atomic mass is 9.82. The molecule has 2 atom stereocenters. The fraction of sp³-hybridized carbons (Fsp3) is 0.0714. The Morgan fingerprint density at radius 1 is 0.684 bits per heavy atom. The van der Waals surface area contributed by atoms with E-state index in [1.165, 1.54) is 35.7 Å². The molecule has 0 radical (unpaired) electrons. The summed E-state index contributed by atoms with van der Waals surface area (Å²) in [5, 5.41) is 18.2. The average Bonchev–Trinajstić information content (AvgIpc) is 2.92. The zero-order valence-corrected chi connectivity index (χ0v) is 20.8. The van der Waals surface area contributed by atoms with E-state index in [0.29, 0.717) is 43.7 Å². The third-order valence-electron chi connectivity index (χ3n) is 6.81. The molecule has 0 spiro atoms. The number of allylic oxidation sites excluding steroid dienone is 2. The van der Waals surface area contributed by atoms with Crippen LogP contribution in [0, 0.1) is 0 Å². The van der Waals surface area contributed by atoms with Gasteiger partial charge in [-0.2, -0.15) is 0 Å². The number of carboxylic acid groups (broad SMARTS) is 2. The van der Waals surface area contributed by atoms with Crippen molar-refractivity contribution in [2.75, 3.05) is 0 Å². The molecule has 0 saturated carbocycles. The Labute approximate surface area is 223 Å². The first kappa shape index (κ1) is 22.9. The van der Waals surface area contributed by atoms with E-state index in [4.69, 9.17) is 9.98 Å². The van der Waals surface area contributed by atoms with Gasteiger partial charge in [-0.25, -0.2) is 19.6 Å². The maximum absolute atomic E-state index is 13.8. The molecule has 2 N–H and O–H groups in total. The smallest absolute Gasteiger partial charge is 0.335 e. The standard InChI is InChI=1S/C28H14N2O6S2/c31-23-13-3-1-2-4-14(13)24(32)20-19(23)21-25(37-17-9-11(27(33)34)5-7-15(17)29-21)26-22(20)30-16-8-6-12(28(35)36)10-18(16)38-26/h1-10,17-18H,(H,33,34)(H,35,36). The second-order valence-corrected chi connectivity index (χ2v) is 11.3. The largest absolute Gasteiger partial charge is 0.478 e. The Morgan fingerprint density at radius 3 is 1.50 bits per heavy atom. The van der Waals surface area contributed by atoms with E-state index in [1.807, 2.05) is 0 Å². The van der Waals surface area contributed by atoms with Crippen LogP contribution in [-0.4, -0.2) is 55.6 Å².